The second-order valence-electron chi connectivity index (χ2n) is 4.34. The van der Waals surface area contributed by atoms with Gasteiger partial charge in [-0.25, -0.2) is 0 Å². The van der Waals surface area contributed by atoms with E-state index < -0.39 is 0 Å². The van der Waals surface area contributed by atoms with E-state index in [1.54, 1.807) is 0 Å². The van der Waals surface area contributed by atoms with E-state index in [2.05, 4.69) is 10.1 Å². The van der Waals surface area contributed by atoms with Gasteiger partial charge in [0.05, 0.1) is 11.2 Å². The highest BCUT2D eigenvalue weighted by atomic mass is 32.2. The fourth-order valence-electron chi connectivity index (χ4n) is 2.23. The number of nitrogens with zero attached hydrogens (tertiary/aromatic N) is 2. The molecule has 0 radical (unpaired) electrons. The minimum Gasteiger partial charge on any atom is -0.339 e. The summed E-state index contributed by atoms with van der Waals surface area (Å²) in [6.45, 7) is 0. The zero-order valence-electron chi connectivity index (χ0n) is 9.42. The van der Waals surface area contributed by atoms with Crippen LogP contribution < -0.4 is 0 Å². The zero-order chi connectivity index (χ0) is 11.7. The first-order valence-electron chi connectivity index (χ1n) is 5.90. The molecule has 2 unspecified atom stereocenters. The summed E-state index contributed by atoms with van der Waals surface area (Å²) in [4.78, 5) is 16.1. The Balaban J connectivity index is 1.75. The molecular weight excluding hydrogens is 256 g/mol. The van der Waals surface area contributed by atoms with Crippen LogP contribution in [0.25, 0.3) is 0 Å². The largest absolute Gasteiger partial charge is 0.339 e. The lowest BCUT2D eigenvalue weighted by Gasteiger charge is -2.17. The second kappa shape index (κ2) is 5.02. The molecule has 2 aliphatic rings. The first-order chi connectivity index (χ1) is 8.34. The van der Waals surface area contributed by atoms with Crippen molar-refractivity contribution >= 4 is 29.3 Å². The molecule has 1 saturated heterocycles. The van der Waals surface area contributed by atoms with E-state index in [1.807, 2.05) is 23.5 Å². The third-order valence-corrected chi connectivity index (χ3v) is 5.92. The second-order valence-corrected chi connectivity index (χ2v) is 6.80. The Bertz CT molecular complexity index is 415. The molecule has 92 valence electrons. The predicted molar refractivity (Wildman–Crippen MR) is 68.4 cm³/mol. The van der Waals surface area contributed by atoms with Gasteiger partial charge in [0.2, 0.25) is 5.89 Å². The van der Waals surface area contributed by atoms with Gasteiger partial charge in [-0.15, -0.1) is 11.8 Å². The third kappa shape index (κ3) is 2.38. The molecule has 1 aliphatic carbocycles. The van der Waals surface area contributed by atoms with E-state index in [4.69, 9.17) is 4.52 Å². The summed E-state index contributed by atoms with van der Waals surface area (Å²) in [5.41, 5.74) is 0. The minimum absolute atomic E-state index is 0.127. The fourth-order valence-corrected chi connectivity index (χ4v) is 4.82. The molecule has 0 aromatic carbocycles. The van der Waals surface area contributed by atoms with Crippen molar-refractivity contribution in [2.75, 3.05) is 17.3 Å². The van der Waals surface area contributed by atoms with Gasteiger partial charge in [0, 0.05) is 23.7 Å². The fraction of sp³-hybridized carbons (Fsp3) is 0.727. The Hall–Kier alpha value is -0.490. The van der Waals surface area contributed by atoms with Crippen molar-refractivity contribution in [1.29, 1.82) is 0 Å². The van der Waals surface area contributed by atoms with Crippen molar-refractivity contribution in [3.63, 3.8) is 0 Å². The lowest BCUT2D eigenvalue weighted by molar-refractivity contribution is -0.119. The van der Waals surface area contributed by atoms with Crippen LogP contribution in [0, 0.1) is 0 Å². The van der Waals surface area contributed by atoms with Gasteiger partial charge < -0.3 is 4.52 Å². The first-order valence-corrected chi connectivity index (χ1v) is 8.10. The Morgan fingerprint density at radius 3 is 3.00 bits per heavy atom. The van der Waals surface area contributed by atoms with Gasteiger partial charge in [-0.2, -0.15) is 16.7 Å². The molecule has 0 amide bonds. The summed E-state index contributed by atoms with van der Waals surface area (Å²) in [6, 6.07) is 0. The van der Waals surface area contributed by atoms with Crippen LogP contribution in [0.5, 0.6) is 0 Å². The predicted octanol–water partition coefficient (Wildman–Crippen LogP) is 2.43. The topological polar surface area (TPSA) is 56.0 Å². The van der Waals surface area contributed by atoms with E-state index in [0.717, 1.165) is 30.2 Å². The van der Waals surface area contributed by atoms with Crippen LogP contribution in [0.1, 0.15) is 42.1 Å². The molecule has 2 atom stereocenters. The average Bonchev–Trinajstić information content (AvgIpc) is 2.98. The summed E-state index contributed by atoms with van der Waals surface area (Å²) < 4.78 is 5.27. The molecule has 3 rings (SSSR count). The normalized spacial score (nSPS) is 29.8. The lowest BCUT2D eigenvalue weighted by atomic mass is 10.1. The molecule has 1 aromatic heterocycles. The summed E-state index contributed by atoms with van der Waals surface area (Å²) in [7, 11) is 0. The van der Waals surface area contributed by atoms with E-state index >= 15 is 0 Å². The van der Waals surface area contributed by atoms with Crippen molar-refractivity contribution in [3.05, 3.63) is 11.7 Å². The van der Waals surface area contributed by atoms with Crippen molar-refractivity contribution in [2.24, 2.45) is 0 Å². The van der Waals surface area contributed by atoms with Gasteiger partial charge in [0.25, 0.3) is 0 Å². The number of aromatic nitrogens is 2. The van der Waals surface area contributed by atoms with Crippen molar-refractivity contribution in [3.8, 4) is 0 Å². The monoisotopic (exact) mass is 270 g/mol. The molecule has 4 nitrogen and oxygen atoms in total. The molecule has 6 heteroatoms. The number of thioether (sulfide) groups is 2. The zero-order valence-corrected chi connectivity index (χ0v) is 11.1. The smallest absolute Gasteiger partial charge is 0.237 e. The Morgan fingerprint density at radius 1 is 1.35 bits per heavy atom. The SMILES string of the molecule is O=C1CCCC1c1nc(C2CSCCS2)no1. The van der Waals surface area contributed by atoms with Crippen LogP contribution in [0.15, 0.2) is 4.52 Å². The molecule has 0 N–H and O–H groups in total. The van der Waals surface area contributed by atoms with E-state index in [0.29, 0.717) is 17.6 Å². The maximum Gasteiger partial charge on any atom is 0.237 e. The molecule has 2 fully saturated rings. The first kappa shape index (κ1) is 11.6. The molecule has 1 aromatic rings. The molecule has 17 heavy (non-hydrogen) atoms. The lowest BCUT2D eigenvalue weighted by Crippen LogP contribution is -2.09. The number of carbonyl (C=O) groups is 1. The highest BCUT2D eigenvalue weighted by Gasteiger charge is 2.32. The van der Waals surface area contributed by atoms with Gasteiger partial charge >= 0.3 is 0 Å². The summed E-state index contributed by atoms with van der Waals surface area (Å²) in [6.07, 6.45) is 2.48. The van der Waals surface area contributed by atoms with E-state index in [1.165, 1.54) is 5.75 Å². The van der Waals surface area contributed by atoms with Crippen molar-refractivity contribution in [2.45, 2.75) is 30.4 Å². The van der Waals surface area contributed by atoms with Crippen LogP contribution in [0.2, 0.25) is 0 Å². The van der Waals surface area contributed by atoms with Crippen molar-refractivity contribution < 1.29 is 9.32 Å². The summed E-state index contributed by atoms with van der Waals surface area (Å²) in [5, 5.41) is 4.38. The van der Waals surface area contributed by atoms with Gasteiger partial charge in [-0.3, -0.25) is 4.79 Å². The quantitative estimate of drug-likeness (QED) is 0.822. The Labute approximate surface area is 108 Å². The molecular formula is C11H14N2O2S2. The van der Waals surface area contributed by atoms with Gasteiger partial charge in [-0.05, 0) is 12.8 Å². The highest BCUT2D eigenvalue weighted by molar-refractivity contribution is 8.06. The van der Waals surface area contributed by atoms with Crippen LogP contribution in [0.4, 0.5) is 0 Å². The molecule has 2 heterocycles. The standard InChI is InChI=1S/C11H14N2O2S2/c14-8-3-1-2-7(8)11-12-10(13-15-11)9-6-16-4-5-17-9/h7,9H,1-6H2. The molecule has 1 saturated carbocycles. The van der Waals surface area contributed by atoms with Gasteiger partial charge in [0.1, 0.15) is 5.78 Å². The molecule has 0 spiro atoms. The number of Topliss-reactive ketones (excluding diaryl/α,β-unsaturated/α-hetero) is 1. The van der Waals surface area contributed by atoms with Crippen LogP contribution in [-0.4, -0.2) is 33.2 Å². The third-order valence-electron chi connectivity index (χ3n) is 3.16. The maximum atomic E-state index is 11.6. The minimum atomic E-state index is -0.127. The van der Waals surface area contributed by atoms with Gasteiger partial charge in [-0.1, -0.05) is 5.16 Å². The number of rotatable bonds is 2. The molecule has 1 aliphatic heterocycles. The average molecular weight is 270 g/mol. The van der Waals surface area contributed by atoms with Gasteiger partial charge in [0.15, 0.2) is 5.82 Å². The maximum absolute atomic E-state index is 11.6. The van der Waals surface area contributed by atoms with Crippen LogP contribution in [-0.2, 0) is 4.79 Å². The summed E-state index contributed by atoms with van der Waals surface area (Å²) >= 11 is 3.81. The summed E-state index contributed by atoms with van der Waals surface area (Å²) in [5.74, 6) is 4.83. The number of carbonyl (C=O) groups excluding carboxylic acids is 1. The highest BCUT2D eigenvalue weighted by Crippen LogP contribution is 2.37. The Kier molecular flexibility index (Phi) is 3.42. The van der Waals surface area contributed by atoms with Crippen molar-refractivity contribution in [1.82, 2.24) is 10.1 Å². The van der Waals surface area contributed by atoms with Crippen LogP contribution in [0.3, 0.4) is 0 Å². The van der Waals surface area contributed by atoms with Crippen LogP contribution >= 0.6 is 23.5 Å². The molecule has 0 bridgehead atoms. The number of ketones is 1. The Morgan fingerprint density at radius 2 is 2.29 bits per heavy atom. The number of hydrogen-bond donors (Lipinski definition) is 0. The van der Waals surface area contributed by atoms with E-state index in [-0.39, 0.29) is 11.7 Å². The van der Waals surface area contributed by atoms with E-state index in [9.17, 15) is 4.79 Å². The number of hydrogen-bond acceptors (Lipinski definition) is 6.